The molecule has 250 valence electrons. The van der Waals surface area contributed by atoms with Gasteiger partial charge in [0.1, 0.15) is 5.52 Å². The molecule has 3 heterocycles. The lowest BCUT2D eigenvalue weighted by molar-refractivity contribution is -0.138. The van der Waals surface area contributed by atoms with Crippen molar-refractivity contribution in [3.8, 4) is 23.0 Å². The van der Waals surface area contributed by atoms with E-state index in [1.54, 1.807) is 24.3 Å². The van der Waals surface area contributed by atoms with Crippen LogP contribution in [0.5, 0.6) is 11.5 Å². The summed E-state index contributed by atoms with van der Waals surface area (Å²) >= 11 is 24.2. The zero-order valence-corrected chi connectivity index (χ0v) is 29.4. The molecule has 1 saturated carbocycles. The Balaban J connectivity index is 1.20. The average molecular weight is 786 g/mol. The molecular formula is C35H25BrCl3N3O7. The standard InChI is InChI=1S/C35H25BrCl3N3O7/c1-48-25-13-17(12-22(37)28(25)43)27-19-10-11-20-26(21(19)14-34(38)32(46)41(15-36)33(47)35(27,34)39)31(45)42(30(20)44)18-8-6-16(7-9-18)29-40-23-4-2-3-5-24(23)49-29/h2-10,12-13,20-21,26-27,43H,11,14-15H2,1H3. The number of phenolic OH excluding ortho intramolecular Hbond substituents is 1. The molecule has 14 heteroatoms. The molecule has 10 nitrogen and oxygen atoms in total. The van der Waals surface area contributed by atoms with Gasteiger partial charge in [-0.15, -0.1) is 23.2 Å². The van der Waals surface area contributed by atoms with Crippen molar-refractivity contribution in [3.63, 3.8) is 0 Å². The summed E-state index contributed by atoms with van der Waals surface area (Å²) in [4.78, 5) is 58.9. The number of ether oxygens (including phenoxy) is 1. The first kappa shape index (κ1) is 32.3. The quantitative estimate of drug-likeness (QED) is 0.102. The Hall–Kier alpha value is -3.90. The summed E-state index contributed by atoms with van der Waals surface area (Å²) in [7, 11) is 1.35. The van der Waals surface area contributed by atoms with Crippen LogP contribution in [0.3, 0.4) is 0 Å². The highest BCUT2D eigenvalue weighted by atomic mass is 79.9. The van der Waals surface area contributed by atoms with Crippen LogP contribution in [0.25, 0.3) is 22.6 Å². The number of carbonyl (C=O) groups excluding carboxylic acids is 4. The Bertz CT molecular complexity index is 2120. The molecular weight excluding hydrogens is 761 g/mol. The van der Waals surface area contributed by atoms with Gasteiger partial charge in [-0.1, -0.05) is 51.3 Å². The second kappa shape index (κ2) is 11.3. The Morgan fingerprint density at radius 1 is 1.02 bits per heavy atom. The fourth-order valence-corrected chi connectivity index (χ4v) is 9.69. The molecule has 2 aliphatic carbocycles. The van der Waals surface area contributed by atoms with Crippen LogP contribution in [0.15, 0.2) is 76.7 Å². The molecule has 1 aromatic heterocycles. The van der Waals surface area contributed by atoms with Crippen molar-refractivity contribution in [1.82, 2.24) is 9.88 Å². The molecule has 6 atom stereocenters. The fraction of sp³-hybridized carbons (Fsp3) is 0.286. The van der Waals surface area contributed by atoms with Crippen molar-refractivity contribution < 1.29 is 33.4 Å². The molecule has 2 saturated heterocycles. The zero-order chi connectivity index (χ0) is 34.6. The number of amides is 4. The van der Waals surface area contributed by atoms with Crippen molar-refractivity contribution in [3.05, 3.63) is 82.9 Å². The summed E-state index contributed by atoms with van der Waals surface area (Å²) in [6, 6.07) is 17.1. The normalized spacial score (nSPS) is 29.3. The maximum Gasteiger partial charge on any atom is 0.254 e. The van der Waals surface area contributed by atoms with Crippen molar-refractivity contribution >= 4 is 91.1 Å². The second-order valence-corrected chi connectivity index (χ2v) is 14.7. The summed E-state index contributed by atoms with van der Waals surface area (Å²) in [5.41, 5.74) is 3.17. The van der Waals surface area contributed by atoms with Crippen molar-refractivity contribution in [2.24, 2.45) is 17.8 Å². The Labute approximate surface area is 302 Å². The number of oxazole rings is 1. The molecule has 8 rings (SSSR count). The van der Waals surface area contributed by atoms with Gasteiger partial charge in [0.05, 0.1) is 35.1 Å². The van der Waals surface area contributed by atoms with E-state index in [9.17, 15) is 24.3 Å². The molecule has 6 unspecified atom stereocenters. The van der Waals surface area contributed by atoms with Crippen LogP contribution in [0, 0.1) is 17.8 Å². The lowest BCUT2D eigenvalue weighted by Gasteiger charge is -2.50. The van der Waals surface area contributed by atoms with Crippen molar-refractivity contribution in [2.45, 2.75) is 28.5 Å². The average Bonchev–Trinajstić information content (AvgIpc) is 3.69. The monoisotopic (exact) mass is 783 g/mol. The number of phenols is 1. The van der Waals surface area contributed by atoms with Gasteiger partial charge in [-0.05, 0) is 72.9 Å². The highest BCUT2D eigenvalue weighted by Gasteiger charge is 2.76. The van der Waals surface area contributed by atoms with Gasteiger partial charge in [-0.3, -0.25) is 29.0 Å². The first-order chi connectivity index (χ1) is 23.4. The van der Waals surface area contributed by atoms with Gasteiger partial charge in [0.15, 0.2) is 26.8 Å². The minimum absolute atomic E-state index is 0.0214. The number of aromatic nitrogens is 1. The third-order valence-corrected chi connectivity index (χ3v) is 12.5. The van der Waals surface area contributed by atoms with Gasteiger partial charge in [0.25, 0.3) is 11.8 Å². The highest BCUT2D eigenvalue weighted by molar-refractivity contribution is 9.09. The van der Waals surface area contributed by atoms with Gasteiger partial charge in [0, 0.05) is 11.5 Å². The number of para-hydroxylation sites is 2. The molecule has 3 fully saturated rings. The second-order valence-electron chi connectivity index (χ2n) is 12.6. The molecule has 4 aliphatic rings. The SMILES string of the molecule is COc1cc(C2C3=CCC4C(=O)N(c5ccc(-c6nc7ccccc7o6)cc5)C(=O)C4C3CC3(Cl)C(=O)N(CBr)C(=O)C23Cl)cc(Cl)c1O. The highest BCUT2D eigenvalue weighted by Crippen LogP contribution is 2.66. The van der Waals surface area contributed by atoms with Crippen LogP contribution < -0.4 is 9.64 Å². The Morgan fingerprint density at radius 3 is 2.45 bits per heavy atom. The largest absolute Gasteiger partial charge is 0.503 e. The molecule has 2 aliphatic heterocycles. The summed E-state index contributed by atoms with van der Waals surface area (Å²) in [5, 5.41) is 10.4. The predicted molar refractivity (Wildman–Crippen MR) is 185 cm³/mol. The smallest absolute Gasteiger partial charge is 0.254 e. The number of benzene rings is 3. The number of rotatable bonds is 5. The number of alkyl halides is 3. The zero-order valence-electron chi connectivity index (χ0n) is 25.5. The van der Waals surface area contributed by atoms with E-state index in [0.717, 1.165) is 4.90 Å². The summed E-state index contributed by atoms with van der Waals surface area (Å²) < 4.78 is 11.2. The van der Waals surface area contributed by atoms with E-state index in [1.807, 2.05) is 30.3 Å². The molecule has 0 bridgehead atoms. The van der Waals surface area contributed by atoms with Gasteiger partial charge in [-0.25, -0.2) is 4.98 Å². The van der Waals surface area contributed by atoms with Crippen LogP contribution in [0.1, 0.15) is 24.3 Å². The van der Waals surface area contributed by atoms with Gasteiger partial charge < -0.3 is 14.3 Å². The number of imide groups is 2. The van der Waals surface area contributed by atoms with Crippen LogP contribution in [0.2, 0.25) is 5.02 Å². The molecule has 0 radical (unpaired) electrons. The summed E-state index contributed by atoms with van der Waals surface area (Å²) in [6.45, 7) is 0. The molecule has 4 amide bonds. The van der Waals surface area contributed by atoms with Gasteiger partial charge >= 0.3 is 0 Å². The van der Waals surface area contributed by atoms with Crippen molar-refractivity contribution in [1.29, 1.82) is 0 Å². The minimum atomic E-state index is -2.02. The van der Waals surface area contributed by atoms with Crippen LogP contribution in [-0.4, -0.2) is 60.9 Å². The maximum absolute atomic E-state index is 14.4. The number of aromatic hydroxyl groups is 1. The first-order valence-corrected chi connectivity index (χ1v) is 17.6. The summed E-state index contributed by atoms with van der Waals surface area (Å²) in [6.07, 6.45) is 1.84. The fourth-order valence-electron chi connectivity index (χ4n) is 8.05. The van der Waals surface area contributed by atoms with Crippen molar-refractivity contribution in [2.75, 3.05) is 17.5 Å². The molecule has 1 N–H and O–H groups in total. The number of carbonyl (C=O) groups is 4. The minimum Gasteiger partial charge on any atom is -0.503 e. The summed E-state index contributed by atoms with van der Waals surface area (Å²) in [5.74, 6) is -5.57. The Morgan fingerprint density at radius 2 is 1.76 bits per heavy atom. The number of hydrogen-bond acceptors (Lipinski definition) is 8. The van der Waals surface area contributed by atoms with Crippen LogP contribution in [0.4, 0.5) is 5.69 Å². The number of likely N-dealkylation sites (tertiary alicyclic amines) is 1. The van der Waals surface area contributed by atoms with Crippen LogP contribution in [-0.2, 0) is 19.2 Å². The van der Waals surface area contributed by atoms with E-state index in [2.05, 4.69) is 20.9 Å². The first-order valence-electron chi connectivity index (χ1n) is 15.3. The molecule has 49 heavy (non-hydrogen) atoms. The third kappa shape index (κ3) is 4.35. The third-order valence-electron chi connectivity index (χ3n) is 10.3. The molecule has 0 spiro atoms. The van der Waals surface area contributed by atoms with Crippen LogP contribution >= 0.6 is 50.7 Å². The van der Waals surface area contributed by atoms with E-state index in [-0.39, 0.29) is 40.7 Å². The number of methoxy groups -OCH3 is 1. The number of halogens is 4. The van der Waals surface area contributed by atoms with Gasteiger partial charge in [0.2, 0.25) is 17.7 Å². The van der Waals surface area contributed by atoms with E-state index in [0.29, 0.717) is 39.4 Å². The number of allylic oxidation sites excluding steroid dienone is 2. The number of anilines is 1. The molecule has 3 aromatic carbocycles. The predicted octanol–water partition coefficient (Wildman–Crippen LogP) is 6.78. The van der Waals surface area contributed by atoms with Gasteiger partial charge in [-0.2, -0.15) is 0 Å². The molecule has 4 aromatic rings. The topological polar surface area (TPSA) is 130 Å². The number of nitrogens with zero attached hydrogens (tertiary/aromatic N) is 3. The van der Waals surface area contributed by atoms with E-state index in [4.69, 9.17) is 44.0 Å². The lowest BCUT2D eigenvalue weighted by Crippen LogP contribution is -2.60. The van der Waals surface area contributed by atoms with E-state index >= 15 is 0 Å². The number of fused-ring (bicyclic) bond motifs is 5. The van der Waals surface area contributed by atoms with E-state index in [1.165, 1.54) is 24.1 Å². The Kier molecular flexibility index (Phi) is 7.46. The maximum atomic E-state index is 14.4. The van der Waals surface area contributed by atoms with E-state index < -0.39 is 51.1 Å². The number of hydrogen-bond donors (Lipinski definition) is 1. The lowest BCUT2D eigenvalue weighted by atomic mass is 9.56.